The van der Waals surface area contributed by atoms with Gasteiger partial charge in [-0.05, 0) is 30.2 Å². The number of carboxylic acids is 1. The van der Waals surface area contributed by atoms with Crippen LogP contribution in [0.4, 0.5) is 0 Å². The normalized spacial score (nSPS) is 22.0. The van der Waals surface area contributed by atoms with E-state index in [9.17, 15) is 4.79 Å². The highest BCUT2D eigenvalue weighted by Crippen LogP contribution is 2.28. The fourth-order valence-corrected chi connectivity index (χ4v) is 3.07. The van der Waals surface area contributed by atoms with Gasteiger partial charge in [-0.25, -0.2) is 4.79 Å². The van der Waals surface area contributed by atoms with E-state index in [-0.39, 0.29) is 12.1 Å². The fraction of sp³-hybridized carbons (Fsp3) is 0.316. The molecule has 4 nitrogen and oxygen atoms in total. The van der Waals surface area contributed by atoms with Crippen molar-refractivity contribution in [3.05, 3.63) is 71.3 Å². The molecular formula is C19H21NO3. The maximum absolute atomic E-state index is 11.1. The number of rotatable bonds is 4. The summed E-state index contributed by atoms with van der Waals surface area (Å²) in [5.74, 6) is -0.887. The first kappa shape index (κ1) is 15.7. The quantitative estimate of drug-likeness (QED) is 0.941. The lowest BCUT2D eigenvalue weighted by atomic mass is 10.0. The van der Waals surface area contributed by atoms with Crippen molar-refractivity contribution in [2.24, 2.45) is 0 Å². The largest absolute Gasteiger partial charge is 0.478 e. The van der Waals surface area contributed by atoms with Gasteiger partial charge in [-0.1, -0.05) is 42.5 Å². The summed E-state index contributed by atoms with van der Waals surface area (Å²) in [4.78, 5) is 13.5. The fourth-order valence-electron chi connectivity index (χ4n) is 3.07. The molecule has 2 aromatic rings. The van der Waals surface area contributed by atoms with Crippen LogP contribution in [-0.4, -0.2) is 35.2 Å². The molecule has 1 aliphatic rings. The molecule has 1 aliphatic heterocycles. The maximum atomic E-state index is 11.1. The van der Waals surface area contributed by atoms with Crippen molar-refractivity contribution in [2.75, 3.05) is 13.2 Å². The molecule has 120 valence electrons. The number of morpholine rings is 1. The summed E-state index contributed by atoms with van der Waals surface area (Å²) in [5.41, 5.74) is 2.58. The summed E-state index contributed by atoms with van der Waals surface area (Å²) in [7, 11) is 0. The van der Waals surface area contributed by atoms with Crippen LogP contribution in [0.15, 0.2) is 54.6 Å². The van der Waals surface area contributed by atoms with Crippen LogP contribution < -0.4 is 0 Å². The molecule has 1 fully saturated rings. The smallest absolute Gasteiger partial charge is 0.335 e. The second-order valence-corrected chi connectivity index (χ2v) is 6.01. The molecule has 4 heteroatoms. The predicted octanol–water partition coefficient (Wildman–Crippen LogP) is 3.35. The predicted molar refractivity (Wildman–Crippen MR) is 88.4 cm³/mol. The third kappa shape index (κ3) is 3.78. The molecule has 3 rings (SSSR count). The van der Waals surface area contributed by atoms with Gasteiger partial charge >= 0.3 is 5.97 Å². The Labute approximate surface area is 136 Å². The highest BCUT2D eigenvalue weighted by Gasteiger charge is 2.28. The van der Waals surface area contributed by atoms with Crippen LogP contribution in [0.1, 0.15) is 34.5 Å². The van der Waals surface area contributed by atoms with E-state index in [0.29, 0.717) is 18.7 Å². The zero-order chi connectivity index (χ0) is 16.2. The second kappa shape index (κ2) is 6.94. The van der Waals surface area contributed by atoms with Crippen molar-refractivity contribution in [3.63, 3.8) is 0 Å². The Kier molecular flexibility index (Phi) is 4.74. The van der Waals surface area contributed by atoms with E-state index in [1.54, 1.807) is 18.2 Å². The molecule has 1 N–H and O–H groups in total. The van der Waals surface area contributed by atoms with Crippen LogP contribution in [0.5, 0.6) is 0 Å². The number of hydrogen-bond acceptors (Lipinski definition) is 3. The van der Waals surface area contributed by atoms with Crippen LogP contribution in [-0.2, 0) is 11.3 Å². The van der Waals surface area contributed by atoms with Gasteiger partial charge in [-0.15, -0.1) is 0 Å². The third-order valence-electron chi connectivity index (χ3n) is 4.21. The molecule has 0 bridgehead atoms. The van der Waals surface area contributed by atoms with Crippen LogP contribution in [0, 0.1) is 0 Å². The van der Waals surface area contributed by atoms with Gasteiger partial charge in [0.05, 0.1) is 24.3 Å². The minimum Gasteiger partial charge on any atom is -0.478 e. The second-order valence-electron chi connectivity index (χ2n) is 6.01. The first-order valence-electron chi connectivity index (χ1n) is 7.86. The Balaban J connectivity index is 1.82. The Morgan fingerprint density at radius 3 is 2.74 bits per heavy atom. The van der Waals surface area contributed by atoms with Crippen molar-refractivity contribution in [1.29, 1.82) is 0 Å². The molecule has 0 saturated carbocycles. The van der Waals surface area contributed by atoms with Gasteiger partial charge in [-0.2, -0.15) is 0 Å². The lowest BCUT2D eigenvalue weighted by Crippen LogP contribution is -2.43. The van der Waals surface area contributed by atoms with E-state index in [2.05, 4.69) is 24.0 Å². The minimum atomic E-state index is -0.887. The average molecular weight is 311 g/mol. The zero-order valence-electron chi connectivity index (χ0n) is 13.2. The molecule has 0 spiro atoms. The van der Waals surface area contributed by atoms with Crippen LogP contribution >= 0.6 is 0 Å². The van der Waals surface area contributed by atoms with E-state index >= 15 is 0 Å². The molecule has 1 saturated heterocycles. The van der Waals surface area contributed by atoms with E-state index in [1.807, 2.05) is 24.3 Å². The summed E-state index contributed by atoms with van der Waals surface area (Å²) in [5, 5.41) is 9.15. The molecule has 0 radical (unpaired) electrons. The van der Waals surface area contributed by atoms with Gasteiger partial charge in [0.25, 0.3) is 0 Å². The standard InChI is InChI=1S/C19H21NO3/c1-14-11-20(12-15-6-5-9-17(10-15)19(21)22)18(13-23-14)16-7-3-2-4-8-16/h2-10,14,18H,11-13H2,1H3,(H,21,22). The van der Waals surface area contributed by atoms with Gasteiger partial charge in [0, 0.05) is 13.1 Å². The number of benzene rings is 2. The SMILES string of the molecule is CC1CN(Cc2cccc(C(=O)O)c2)C(c2ccccc2)CO1. The molecule has 2 aromatic carbocycles. The van der Waals surface area contributed by atoms with E-state index in [0.717, 1.165) is 12.1 Å². The average Bonchev–Trinajstić information content (AvgIpc) is 2.56. The molecule has 0 aliphatic carbocycles. The Hall–Kier alpha value is -2.17. The maximum Gasteiger partial charge on any atom is 0.335 e. The zero-order valence-corrected chi connectivity index (χ0v) is 13.2. The van der Waals surface area contributed by atoms with E-state index in [1.165, 1.54) is 5.56 Å². The number of ether oxygens (including phenoxy) is 1. The van der Waals surface area contributed by atoms with E-state index < -0.39 is 5.97 Å². The first-order valence-corrected chi connectivity index (χ1v) is 7.86. The van der Waals surface area contributed by atoms with Crippen molar-refractivity contribution in [1.82, 2.24) is 4.90 Å². The number of aromatic carboxylic acids is 1. The number of nitrogens with zero attached hydrogens (tertiary/aromatic N) is 1. The summed E-state index contributed by atoms with van der Waals surface area (Å²) in [6, 6.07) is 17.7. The van der Waals surface area contributed by atoms with Crippen LogP contribution in [0.25, 0.3) is 0 Å². The minimum absolute atomic E-state index is 0.178. The molecule has 2 unspecified atom stereocenters. The van der Waals surface area contributed by atoms with Gasteiger partial charge < -0.3 is 9.84 Å². The van der Waals surface area contributed by atoms with Crippen molar-refractivity contribution in [3.8, 4) is 0 Å². The summed E-state index contributed by atoms with van der Waals surface area (Å²) in [6.45, 7) is 4.27. The molecule has 0 aromatic heterocycles. The molecule has 1 heterocycles. The van der Waals surface area contributed by atoms with Crippen LogP contribution in [0.2, 0.25) is 0 Å². The van der Waals surface area contributed by atoms with Gasteiger partial charge in [0.2, 0.25) is 0 Å². The Bertz CT molecular complexity index is 671. The monoisotopic (exact) mass is 311 g/mol. The number of carbonyl (C=O) groups is 1. The molecular weight excluding hydrogens is 290 g/mol. The highest BCUT2D eigenvalue weighted by molar-refractivity contribution is 5.87. The van der Waals surface area contributed by atoms with Gasteiger partial charge in [0.15, 0.2) is 0 Å². The number of hydrogen-bond donors (Lipinski definition) is 1. The topological polar surface area (TPSA) is 49.8 Å². The number of carboxylic acid groups (broad SMARTS) is 1. The van der Waals surface area contributed by atoms with Crippen molar-refractivity contribution >= 4 is 5.97 Å². The lowest BCUT2D eigenvalue weighted by Gasteiger charge is -2.39. The lowest BCUT2D eigenvalue weighted by molar-refractivity contribution is -0.0598. The van der Waals surface area contributed by atoms with E-state index in [4.69, 9.17) is 9.84 Å². The van der Waals surface area contributed by atoms with Gasteiger partial charge in [-0.3, -0.25) is 4.90 Å². The summed E-state index contributed by atoms with van der Waals surface area (Å²) < 4.78 is 5.84. The molecule has 0 amide bonds. The van der Waals surface area contributed by atoms with Crippen molar-refractivity contribution in [2.45, 2.75) is 25.6 Å². The summed E-state index contributed by atoms with van der Waals surface area (Å²) in [6.07, 6.45) is 0.178. The summed E-state index contributed by atoms with van der Waals surface area (Å²) >= 11 is 0. The van der Waals surface area contributed by atoms with Crippen molar-refractivity contribution < 1.29 is 14.6 Å². The molecule has 23 heavy (non-hydrogen) atoms. The van der Waals surface area contributed by atoms with Gasteiger partial charge in [0.1, 0.15) is 0 Å². The highest BCUT2D eigenvalue weighted by atomic mass is 16.5. The van der Waals surface area contributed by atoms with Crippen LogP contribution in [0.3, 0.4) is 0 Å². The molecule has 2 atom stereocenters. The Morgan fingerprint density at radius 2 is 2.00 bits per heavy atom. The first-order chi connectivity index (χ1) is 11.1. The Morgan fingerprint density at radius 1 is 1.22 bits per heavy atom. The third-order valence-corrected chi connectivity index (χ3v) is 4.21.